The first-order chi connectivity index (χ1) is 17.1. The number of thiazole rings is 1. The molecule has 184 valence electrons. The first-order valence-electron chi connectivity index (χ1n) is 11.6. The number of nitrogens with one attached hydrogen (secondary N) is 1. The second kappa shape index (κ2) is 13.9. The normalized spacial score (nSPS) is 10.8. The van der Waals surface area contributed by atoms with E-state index < -0.39 is 5.97 Å². The number of hydrogen-bond donors (Lipinski definition) is 1. The van der Waals surface area contributed by atoms with Gasteiger partial charge in [0.1, 0.15) is 11.6 Å². The van der Waals surface area contributed by atoms with Gasteiger partial charge in [-0.1, -0.05) is 43.3 Å². The van der Waals surface area contributed by atoms with Crippen molar-refractivity contribution >= 4 is 29.3 Å². The summed E-state index contributed by atoms with van der Waals surface area (Å²) in [6, 6.07) is 15.2. The zero-order valence-electron chi connectivity index (χ0n) is 20.0. The molecule has 1 aromatic heterocycles. The van der Waals surface area contributed by atoms with Gasteiger partial charge in [-0.15, -0.1) is 11.3 Å². The topological polar surface area (TPSA) is 86.8 Å². The third-order valence-electron chi connectivity index (χ3n) is 4.75. The molecule has 0 aliphatic rings. The van der Waals surface area contributed by atoms with E-state index in [2.05, 4.69) is 10.3 Å². The SMILES string of the molecule is CCCOc1ccc(/C=C/C(=O)OCc2csc(CC(=O)NCc3ccccc3)n2)cc1OCC. The number of carbonyl (C=O) groups is 2. The predicted octanol–water partition coefficient (Wildman–Crippen LogP) is 4.95. The van der Waals surface area contributed by atoms with E-state index in [9.17, 15) is 9.59 Å². The summed E-state index contributed by atoms with van der Waals surface area (Å²) in [5.74, 6) is 0.734. The molecule has 35 heavy (non-hydrogen) atoms. The van der Waals surface area contributed by atoms with Crippen LogP contribution < -0.4 is 14.8 Å². The number of rotatable bonds is 13. The highest BCUT2D eigenvalue weighted by molar-refractivity contribution is 7.09. The third kappa shape index (κ3) is 8.90. The molecule has 8 heteroatoms. The first-order valence-corrected chi connectivity index (χ1v) is 12.4. The molecule has 1 N–H and O–H groups in total. The van der Waals surface area contributed by atoms with E-state index in [1.807, 2.05) is 62.4 Å². The molecule has 0 aliphatic carbocycles. The van der Waals surface area contributed by atoms with Crippen molar-refractivity contribution in [3.05, 3.63) is 81.8 Å². The van der Waals surface area contributed by atoms with Crippen LogP contribution in [0.15, 0.2) is 60.0 Å². The van der Waals surface area contributed by atoms with Gasteiger partial charge in [0.05, 0.1) is 25.3 Å². The predicted molar refractivity (Wildman–Crippen MR) is 136 cm³/mol. The molecule has 0 spiro atoms. The van der Waals surface area contributed by atoms with Crippen LogP contribution in [0.2, 0.25) is 0 Å². The second-order valence-corrected chi connectivity index (χ2v) is 8.54. The molecule has 0 radical (unpaired) electrons. The van der Waals surface area contributed by atoms with Gasteiger partial charge < -0.3 is 19.5 Å². The van der Waals surface area contributed by atoms with Crippen LogP contribution in [0.1, 0.15) is 42.1 Å². The average Bonchev–Trinajstić information content (AvgIpc) is 3.32. The summed E-state index contributed by atoms with van der Waals surface area (Å²) in [6.45, 7) is 5.59. The average molecular weight is 495 g/mol. The summed E-state index contributed by atoms with van der Waals surface area (Å²) in [7, 11) is 0. The number of carbonyl (C=O) groups excluding carboxylic acids is 2. The minimum absolute atomic E-state index is 0.0410. The highest BCUT2D eigenvalue weighted by atomic mass is 32.1. The third-order valence-corrected chi connectivity index (χ3v) is 5.64. The monoisotopic (exact) mass is 494 g/mol. The molecule has 0 aliphatic heterocycles. The molecular weight excluding hydrogens is 464 g/mol. The number of ether oxygens (including phenoxy) is 3. The van der Waals surface area contributed by atoms with Crippen molar-refractivity contribution in [2.45, 2.75) is 39.8 Å². The first kappa shape index (κ1) is 26.0. The van der Waals surface area contributed by atoms with E-state index in [1.54, 1.807) is 11.5 Å². The minimum Gasteiger partial charge on any atom is -0.490 e. The van der Waals surface area contributed by atoms with Gasteiger partial charge in [-0.3, -0.25) is 4.79 Å². The lowest BCUT2D eigenvalue weighted by Gasteiger charge is -2.12. The zero-order valence-corrected chi connectivity index (χ0v) is 20.8. The van der Waals surface area contributed by atoms with Crippen LogP contribution in [0, 0.1) is 0 Å². The maximum atomic E-state index is 12.2. The van der Waals surface area contributed by atoms with Crippen LogP contribution in [-0.2, 0) is 33.9 Å². The van der Waals surface area contributed by atoms with Gasteiger partial charge in [-0.05, 0) is 42.7 Å². The van der Waals surface area contributed by atoms with E-state index in [0.29, 0.717) is 42.0 Å². The van der Waals surface area contributed by atoms with Gasteiger partial charge in [-0.25, -0.2) is 9.78 Å². The van der Waals surface area contributed by atoms with E-state index in [-0.39, 0.29) is 18.9 Å². The Morgan fingerprint density at radius 1 is 1.06 bits per heavy atom. The Morgan fingerprint density at radius 3 is 2.66 bits per heavy atom. The van der Waals surface area contributed by atoms with Gasteiger partial charge in [-0.2, -0.15) is 0 Å². The zero-order chi connectivity index (χ0) is 24.9. The lowest BCUT2D eigenvalue weighted by Crippen LogP contribution is -2.24. The lowest BCUT2D eigenvalue weighted by molar-refractivity contribution is -0.139. The number of hydrogen-bond acceptors (Lipinski definition) is 7. The molecule has 3 rings (SSSR count). The molecule has 3 aromatic rings. The second-order valence-electron chi connectivity index (χ2n) is 7.60. The van der Waals surface area contributed by atoms with Crippen LogP contribution in [0.3, 0.4) is 0 Å². The van der Waals surface area contributed by atoms with Gasteiger partial charge in [0.25, 0.3) is 0 Å². The van der Waals surface area contributed by atoms with Crippen LogP contribution in [0.5, 0.6) is 11.5 Å². The van der Waals surface area contributed by atoms with Crippen molar-refractivity contribution in [2.75, 3.05) is 13.2 Å². The maximum Gasteiger partial charge on any atom is 0.331 e. The highest BCUT2D eigenvalue weighted by Gasteiger charge is 2.10. The fourth-order valence-electron chi connectivity index (χ4n) is 3.08. The fourth-order valence-corrected chi connectivity index (χ4v) is 3.86. The number of amides is 1. The fraction of sp³-hybridized carbons (Fsp3) is 0.296. The molecule has 1 amide bonds. The quantitative estimate of drug-likeness (QED) is 0.267. The molecule has 1 heterocycles. The summed E-state index contributed by atoms with van der Waals surface area (Å²) in [6.07, 6.45) is 4.12. The molecule has 0 atom stereocenters. The van der Waals surface area contributed by atoms with E-state index in [0.717, 1.165) is 17.5 Å². The number of aromatic nitrogens is 1. The largest absolute Gasteiger partial charge is 0.490 e. The van der Waals surface area contributed by atoms with Gasteiger partial charge in [0, 0.05) is 18.0 Å². The summed E-state index contributed by atoms with van der Waals surface area (Å²) in [5.41, 5.74) is 2.45. The highest BCUT2D eigenvalue weighted by Crippen LogP contribution is 2.29. The summed E-state index contributed by atoms with van der Waals surface area (Å²) in [4.78, 5) is 28.7. The summed E-state index contributed by atoms with van der Waals surface area (Å²) in [5, 5.41) is 5.34. The smallest absolute Gasteiger partial charge is 0.331 e. The standard InChI is InChI=1S/C27H30N2O5S/c1-3-14-33-23-12-10-20(15-24(23)32-4-2)11-13-27(31)34-18-22-19-35-26(29-22)16-25(30)28-17-21-8-6-5-7-9-21/h5-13,15,19H,3-4,14,16-18H2,1-2H3,(H,28,30)/b13-11+. The molecule has 0 bridgehead atoms. The number of esters is 1. The Hall–Kier alpha value is -3.65. The van der Waals surface area contributed by atoms with Gasteiger partial charge >= 0.3 is 5.97 Å². The van der Waals surface area contributed by atoms with E-state index >= 15 is 0 Å². The van der Waals surface area contributed by atoms with Crippen LogP contribution in [0.25, 0.3) is 6.08 Å². The molecule has 2 aromatic carbocycles. The Labute approximate surface area is 209 Å². The summed E-state index contributed by atoms with van der Waals surface area (Å²) >= 11 is 1.37. The Morgan fingerprint density at radius 2 is 1.89 bits per heavy atom. The molecule has 0 fully saturated rings. The minimum atomic E-state index is -0.482. The van der Waals surface area contributed by atoms with Crippen molar-refractivity contribution < 1.29 is 23.8 Å². The Balaban J connectivity index is 1.46. The summed E-state index contributed by atoms with van der Waals surface area (Å²) < 4.78 is 16.6. The van der Waals surface area contributed by atoms with Crippen LogP contribution in [-0.4, -0.2) is 30.1 Å². The van der Waals surface area contributed by atoms with Gasteiger partial charge in [0.2, 0.25) is 5.91 Å². The van der Waals surface area contributed by atoms with E-state index in [4.69, 9.17) is 14.2 Å². The number of benzene rings is 2. The molecular formula is C27H30N2O5S. The van der Waals surface area contributed by atoms with Crippen molar-refractivity contribution in [3.8, 4) is 11.5 Å². The van der Waals surface area contributed by atoms with Crippen LogP contribution in [0.4, 0.5) is 0 Å². The molecule has 7 nitrogen and oxygen atoms in total. The van der Waals surface area contributed by atoms with Crippen molar-refractivity contribution in [1.82, 2.24) is 10.3 Å². The van der Waals surface area contributed by atoms with Crippen molar-refractivity contribution in [1.29, 1.82) is 0 Å². The van der Waals surface area contributed by atoms with Crippen LogP contribution >= 0.6 is 11.3 Å². The molecule has 0 unspecified atom stereocenters. The molecule has 0 saturated carbocycles. The molecule has 0 saturated heterocycles. The number of nitrogens with zero attached hydrogens (tertiary/aromatic N) is 1. The van der Waals surface area contributed by atoms with Crippen molar-refractivity contribution in [3.63, 3.8) is 0 Å². The Kier molecular flexibility index (Phi) is 10.3. The Bertz CT molecular complexity index is 1130. The van der Waals surface area contributed by atoms with Gasteiger partial charge in [0.15, 0.2) is 11.5 Å². The van der Waals surface area contributed by atoms with E-state index in [1.165, 1.54) is 17.4 Å². The maximum absolute atomic E-state index is 12.2. The lowest BCUT2D eigenvalue weighted by atomic mass is 10.2. The van der Waals surface area contributed by atoms with Crippen molar-refractivity contribution in [2.24, 2.45) is 0 Å².